The smallest absolute Gasteiger partial charge is 0.195 e. The number of carbonyl (C=O) groups excluding carboxylic acids is 1. The quantitative estimate of drug-likeness (QED) is 0.213. The van der Waals surface area contributed by atoms with Gasteiger partial charge in [0.05, 0.1) is 9.90 Å². The van der Waals surface area contributed by atoms with E-state index in [9.17, 15) is 4.79 Å². The second-order valence-corrected chi connectivity index (χ2v) is 9.31. The number of hydrogen-bond donors (Lipinski definition) is 0. The van der Waals surface area contributed by atoms with E-state index in [4.69, 9.17) is 20.8 Å². The van der Waals surface area contributed by atoms with Crippen LogP contribution in [0.25, 0.3) is 6.08 Å². The van der Waals surface area contributed by atoms with Gasteiger partial charge < -0.3 is 9.15 Å². The molecule has 2 heterocycles. The SMILES string of the molecule is CCCc1sc(C(=O)/C=C/c2ccc(COc3ccc(Br)cc3Cl)o2)cc1Br. The zero-order valence-electron chi connectivity index (χ0n) is 15.0. The van der Waals surface area contributed by atoms with Crippen LogP contribution < -0.4 is 4.74 Å². The number of benzene rings is 1. The molecule has 0 spiro atoms. The van der Waals surface area contributed by atoms with Gasteiger partial charge in [0.2, 0.25) is 0 Å². The Kier molecular flexibility index (Phi) is 7.57. The van der Waals surface area contributed by atoms with Crippen molar-refractivity contribution in [2.75, 3.05) is 0 Å². The highest BCUT2D eigenvalue weighted by molar-refractivity contribution is 9.10. The van der Waals surface area contributed by atoms with Gasteiger partial charge >= 0.3 is 0 Å². The van der Waals surface area contributed by atoms with Crippen LogP contribution in [0.2, 0.25) is 5.02 Å². The maximum Gasteiger partial charge on any atom is 0.195 e. The molecule has 146 valence electrons. The number of hydrogen-bond acceptors (Lipinski definition) is 4. The van der Waals surface area contributed by atoms with Gasteiger partial charge in [-0.25, -0.2) is 0 Å². The van der Waals surface area contributed by atoms with Gasteiger partial charge in [0.15, 0.2) is 5.78 Å². The summed E-state index contributed by atoms with van der Waals surface area (Å²) >= 11 is 14.5. The van der Waals surface area contributed by atoms with Gasteiger partial charge in [0.25, 0.3) is 0 Å². The van der Waals surface area contributed by atoms with Crippen LogP contribution in [0, 0.1) is 0 Å². The Morgan fingerprint density at radius 1 is 1.25 bits per heavy atom. The lowest BCUT2D eigenvalue weighted by Crippen LogP contribution is -1.94. The molecule has 0 N–H and O–H groups in total. The molecule has 0 saturated heterocycles. The Morgan fingerprint density at radius 2 is 2.07 bits per heavy atom. The number of carbonyl (C=O) groups is 1. The summed E-state index contributed by atoms with van der Waals surface area (Å²) in [6, 6.07) is 10.9. The van der Waals surface area contributed by atoms with Gasteiger partial charge in [-0.05, 0) is 70.9 Å². The molecule has 0 fully saturated rings. The second-order valence-electron chi connectivity index (χ2n) is 6.00. The van der Waals surface area contributed by atoms with Crippen LogP contribution in [-0.4, -0.2) is 5.78 Å². The molecule has 0 aliphatic heterocycles. The Morgan fingerprint density at radius 3 is 2.82 bits per heavy atom. The number of ketones is 1. The first-order valence-electron chi connectivity index (χ1n) is 8.63. The molecule has 3 nitrogen and oxygen atoms in total. The van der Waals surface area contributed by atoms with E-state index in [2.05, 4.69) is 38.8 Å². The molecule has 0 unspecified atom stereocenters. The van der Waals surface area contributed by atoms with Crippen LogP contribution in [0.15, 0.2) is 55.8 Å². The van der Waals surface area contributed by atoms with E-state index in [1.165, 1.54) is 22.3 Å². The van der Waals surface area contributed by atoms with Crippen molar-refractivity contribution < 1.29 is 13.9 Å². The predicted molar refractivity (Wildman–Crippen MR) is 122 cm³/mol. The molecule has 28 heavy (non-hydrogen) atoms. The molecular formula is C21H17Br2ClO3S. The molecule has 3 rings (SSSR count). The summed E-state index contributed by atoms with van der Waals surface area (Å²) in [6.07, 6.45) is 5.21. The summed E-state index contributed by atoms with van der Waals surface area (Å²) in [5.74, 6) is 1.79. The van der Waals surface area contributed by atoms with Crippen LogP contribution in [0.4, 0.5) is 0 Å². The number of ether oxygens (including phenoxy) is 1. The number of halogens is 3. The van der Waals surface area contributed by atoms with Gasteiger partial charge in [-0.1, -0.05) is 40.9 Å². The third-order valence-electron chi connectivity index (χ3n) is 3.82. The number of aryl methyl sites for hydroxylation is 1. The summed E-state index contributed by atoms with van der Waals surface area (Å²) in [7, 11) is 0. The standard InChI is InChI=1S/C21H17Br2ClO3S/c1-2-3-20-16(23)11-21(28-20)18(25)8-7-14-5-6-15(27-14)12-26-19-9-4-13(22)10-17(19)24/h4-11H,2-3,12H2,1H3/b8-7+. The first-order valence-corrected chi connectivity index (χ1v) is 11.4. The van der Waals surface area contributed by atoms with Crippen molar-refractivity contribution in [3.63, 3.8) is 0 Å². The summed E-state index contributed by atoms with van der Waals surface area (Å²) in [5, 5.41) is 0.524. The molecule has 0 bridgehead atoms. The zero-order valence-corrected chi connectivity index (χ0v) is 19.8. The first-order chi connectivity index (χ1) is 13.5. The van der Waals surface area contributed by atoms with E-state index in [0.29, 0.717) is 27.2 Å². The second kappa shape index (κ2) is 9.92. The Hall–Kier alpha value is -1.34. The third kappa shape index (κ3) is 5.60. The molecule has 0 saturated carbocycles. The minimum Gasteiger partial charge on any atom is -0.484 e. The van der Waals surface area contributed by atoms with Crippen molar-refractivity contribution in [2.45, 2.75) is 26.4 Å². The summed E-state index contributed by atoms with van der Waals surface area (Å²) < 4.78 is 13.3. The highest BCUT2D eigenvalue weighted by Gasteiger charge is 2.11. The van der Waals surface area contributed by atoms with Crippen molar-refractivity contribution in [1.29, 1.82) is 0 Å². The monoisotopic (exact) mass is 542 g/mol. The highest BCUT2D eigenvalue weighted by atomic mass is 79.9. The number of allylic oxidation sites excluding steroid dienone is 1. The summed E-state index contributed by atoms with van der Waals surface area (Å²) in [4.78, 5) is 14.3. The average Bonchev–Trinajstić information content (AvgIpc) is 3.26. The van der Waals surface area contributed by atoms with E-state index < -0.39 is 0 Å². The van der Waals surface area contributed by atoms with E-state index >= 15 is 0 Å². The average molecular weight is 545 g/mol. The molecule has 0 radical (unpaired) electrons. The van der Waals surface area contributed by atoms with Crippen LogP contribution in [0.3, 0.4) is 0 Å². The lowest BCUT2D eigenvalue weighted by Gasteiger charge is -2.06. The van der Waals surface area contributed by atoms with Crippen molar-refractivity contribution >= 4 is 66.7 Å². The summed E-state index contributed by atoms with van der Waals surface area (Å²) in [6.45, 7) is 2.37. The lowest BCUT2D eigenvalue weighted by atomic mass is 10.2. The van der Waals surface area contributed by atoms with Crippen LogP contribution in [0.1, 0.15) is 39.4 Å². The molecule has 0 atom stereocenters. The van der Waals surface area contributed by atoms with Crippen molar-refractivity contribution in [2.24, 2.45) is 0 Å². The van der Waals surface area contributed by atoms with Crippen LogP contribution >= 0.6 is 54.8 Å². The number of rotatable bonds is 8. The van der Waals surface area contributed by atoms with Crippen molar-refractivity contribution in [1.82, 2.24) is 0 Å². The fourth-order valence-electron chi connectivity index (χ4n) is 2.47. The fourth-order valence-corrected chi connectivity index (χ4v) is 5.09. The Labute approximate surface area is 189 Å². The topological polar surface area (TPSA) is 39.4 Å². The van der Waals surface area contributed by atoms with E-state index in [0.717, 1.165) is 21.8 Å². The van der Waals surface area contributed by atoms with E-state index in [1.807, 2.05) is 18.2 Å². The number of furan rings is 1. The predicted octanol–water partition coefficient (Wildman–Crippen LogP) is 7.95. The fraction of sp³-hybridized carbons (Fsp3) is 0.190. The maximum atomic E-state index is 12.4. The Bertz CT molecular complexity index is 1010. The van der Waals surface area contributed by atoms with Crippen LogP contribution in [-0.2, 0) is 13.0 Å². The minimum atomic E-state index is -0.0381. The van der Waals surface area contributed by atoms with Gasteiger partial charge in [-0.3, -0.25) is 4.79 Å². The Balaban J connectivity index is 1.60. The number of thiophene rings is 1. The minimum absolute atomic E-state index is 0.0381. The normalized spacial score (nSPS) is 11.3. The molecule has 7 heteroatoms. The molecule has 2 aromatic heterocycles. The van der Waals surface area contributed by atoms with Crippen molar-refractivity contribution in [3.8, 4) is 5.75 Å². The van der Waals surface area contributed by atoms with Gasteiger partial charge in [0, 0.05) is 13.8 Å². The third-order valence-corrected chi connectivity index (χ3v) is 6.79. The van der Waals surface area contributed by atoms with Crippen LogP contribution in [0.5, 0.6) is 5.75 Å². The molecular weight excluding hydrogens is 528 g/mol. The molecule has 3 aromatic rings. The van der Waals surface area contributed by atoms with Gasteiger partial charge in [-0.15, -0.1) is 11.3 Å². The first kappa shape index (κ1) is 21.4. The maximum absolute atomic E-state index is 12.4. The van der Waals surface area contributed by atoms with E-state index in [-0.39, 0.29) is 12.4 Å². The molecule has 0 aliphatic rings. The largest absolute Gasteiger partial charge is 0.484 e. The van der Waals surface area contributed by atoms with E-state index in [1.54, 1.807) is 24.3 Å². The molecule has 0 amide bonds. The van der Waals surface area contributed by atoms with Gasteiger partial charge in [0.1, 0.15) is 23.9 Å². The highest BCUT2D eigenvalue weighted by Crippen LogP contribution is 2.30. The molecule has 1 aromatic carbocycles. The summed E-state index contributed by atoms with van der Waals surface area (Å²) in [5.41, 5.74) is 0. The zero-order chi connectivity index (χ0) is 20.1. The van der Waals surface area contributed by atoms with Gasteiger partial charge in [-0.2, -0.15) is 0 Å². The van der Waals surface area contributed by atoms with Crippen molar-refractivity contribution in [3.05, 3.63) is 77.7 Å². The lowest BCUT2D eigenvalue weighted by molar-refractivity contribution is 0.105. The molecule has 0 aliphatic carbocycles.